The predicted octanol–water partition coefficient (Wildman–Crippen LogP) is 1.06. The second kappa shape index (κ2) is 3.82. The van der Waals surface area contributed by atoms with E-state index in [1.54, 1.807) is 6.92 Å². The molecule has 1 aromatic heterocycles. The minimum atomic E-state index is -1.74. The standard InChI is InChI=1S/C7H11NO3S/c1-5-7(3-4-12(9)10)6(2)11-8-5/h3-4H2,1-2H3,(H,9,10). The SMILES string of the molecule is Cc1noc(C)c1CCS(=O)O. The highest BCUT2D eigenvalue weighted by molar-refractivity contribution is 7.79. The van der Waals surface area contributed by atoms with E-state index in [-0.39, 0.29) is 5.75 Å². The number of rotatable bonds is 3. The van der Waals surface area contributed by atoms with Gasteiger partial charge >= 0.3 is 0 Å². The maximum atomic E-state index is 10.4. The van der Waals surface area contributed by atoms with Crippen molar-refractivity contribution in [3.63, 3.8) is 0 Å². The highest BCUT2D eigenvalue weighted by atomic mass is 32.2. The van der Waals surface area contributed by atoms with E-state index in [0.717, 1.165) is 17.0 Å². The molecule has 0 fully saturated rings. The van der Waals surface area contributed by atoms with E-state index in [9.17, 15) is 4.21 Å². The molecule has 1 heterocycles. The zero-order chi connectivity index (χ0) is 9.14. The topological polar surface area (TPSA) is 63.3 Å². The molecular weight excluding hydrogens is 178 g/mol. The average molecular weight is 189 g/mol. The van der Waals surface area contributed by atoms with Crippen molar-refractivity contribution in [3.8, 4) is 0 Å². The molecule has 0 spiro atoms. The highest BCUT2D eigenvalue weighted by Crippen LogP contribution is 2.12. The number of hydrogen-bond acceptors (Lipinski definition) is 3. The van der Waals surface area contributed by atoms with Gasteiger partial charge in [-0.3, -0.25) is 0 Å². The Morgan fingerprint density at radius 1 is 1.58 bits per heavy atom. The molecule has 0 saturated heterocycles. The molecule has 68 valence electrons. The summed E-state index contributed by atoms with van der Waals surface area (Å²) < 4.78 is 23.8. The van der Waals surface area contributed by atoms with Crippen molar-refractivity contribution in [2.24, 2.45) is 0 Å². The minimum absolute atomic E-state index is 0.239. The van der Waals surface area contributed by atoms with Gasteiger partial charge in [0.2, 0.25) is 0 Å². The van der Waals surface area contributed by atoms with Crippen molar-refractivity contribution in [1.82, 2.24) is 5.16 Å². The molecule has 0 radical (unpaired) electrons. The van der Waals surface area contributed by atoms with E-state index < -0.39 is 11.1 Å². The third-order valence-electron chi connectivity index (χ3n) is 1.71. The van der Waals surface area contributed by atoms with E-state index in [1.807, 2.05) is 6.92 Å². The Hall–Kier alpha value is -0.680. The summed E-state index contributed by atoms with van der Waals surface area (Å²) in [5, 5.41) is 3.74. The summed E-state index contributed by atoms with van der Waals surface area (Å²) in [5.41, 5.74) is 1.75. The second-order valence-corrected chi connectivity index (χ2v) is 3.63. The number of nitrogens with zero attached hydrogens (tertiary/aromatic N) is 1. The minimum Gasteiger partial charge on any atom is -0.361 e. The molecule has 0 bridgehead atoms. The zero-order valence-electron chi connectivity index (χ0n) is 7.03. The lowest BCUT2D eigenvalue weighted by Crippen LogP contribution is -2.00. The lowest BCUT2D eigenvalue weighted by molar-refractivity contribution is 0.392. The van der Waals surface area contributed by atoms with Gasteiger partial charge < -0.3 is 9.08 Å². The van der Waals surface area contributed by atoms with Gasteiger partial charge in [-0.25, -0.2) is 4.21 Å². The molecule has 1 aromatic rings. The third kappa shape index (κ3) is 2.15. The van der Waals surface area contributed by atoms with E-state index in [4.69, 9.17) is 9.08 Å². The Morgan fingerprint density at radius 3 is 2.67 bits per heavy atom. The summed E-state index contributed by atoms with van der Waals surface area (Å²) in [6.45, 7) is 3.63. The summed E-state index contributed by atoms with van der Waals surface area (Å²) in [6.07, 6.45) is 0.546. The maximum Gasteiger partial charge on any atom is 0.153 e. The van der Waals surface area contributed by atoms with Crippen molar-refractivity contribution < 1.29 is 13.3 Å². The van der Waals surface area contributed by atoms with Crippen LogP contribution >= 0.6 is 0 Å². The van der Waals surface area contributed by atoms with Gasteiger partial charge in [0.25, 0.3) is 0 Å². The first-order valence-corrected chi connectivity index (χ1v) is 4.88. The molecule has 0 aliphatic rings. The maximum absolute atomic E-state index is 10.4. The summed E-state index contributed by atoms with van der Waals surface area (Å²) in [6, 6.07) is 0. The van der Waals surface area contributed by atoms with Crippen molar-refractivity contribution in [2.45, 2.75) is 20.3 Å². The van der Waals surface area contributed by atoms with Gasteiger partial charge in [-0.2, -0.15) is 0 Å². The van der Waals surface area contributed by atoms with Crippen LogP contribution in [0.4, 0.5) is 0 Å². The first-order chi connectivity index (χ1) is 5.61. The van der Waals surface area contributed by atoms with Gasteiger partial charge in [0.1, 0.15) is 5.76 Å². The zero-order valence-corrected chi connectivity index (χ0v) is 7.85. The summed E-state index contributed by atoms with van der Waals surface area (Å²) >= 11 is -1.74. The molecule has 0 saturated carbocycles. The second-order valence-electron chi connectivity index (χ2n) is 2.58. The van der Waals surface area contributed by atoms with Gasteiger partial charge in [0.15, 0.2) is 11.1 Å². The highest BCUT2D eigenvalue weighted by Gasteiger charge is 2.09. The van der Waals surface area contributed by atoms with Crippen LogP contribution in [0.3, 0.4) is 0 Å². The first kappa shape index (κ1) is 9.41. The number of aryl methyl sites for hydroxylation is 2. The molecule has 1 N–H and O–H groups in total. The molecule has 1 rings (SSSR count). The van der Waals surface area contributed by atoms with Crippen LogP contribution in [-0.2, 0) is 17.5 Å². The summed E-state index contributed by atoms with van der Waals surface area (Å²) in [4.78, 5) is 0. The molecule has 1 atom stereocenters. The fourth-order valence-corrected chi connectivity index (χ4v) is 1.43. The lowest BCUT2D eigenvalue weighted by Gasteiger charge is -1.95. The monoisotopic (exact) mass is 189 g/mol. The Labute approximate surface area is 73.2 Å². The summed E-state index contributed by atoms with van der Waals surface area (Å²) in [5.74, 6) is 0.973. The van der Waals surface area contributed by atoms with E-state index >= 15 is 0 Å². The van der Waals surface area contributed by atoms with Crippen LogP contribution < -0.4 is 0 Å². The third-order valence-corrected chi connectivity index (χ3v) is 2.26. The Balaban J connectivity index is 2.68. The average Bonchev–Trinajstić information content (AvgIpc) is 2.28. The van der Waals surface area contributed by atoms with Crippen LogP contribution in [-0.4, -0.2) is 19.7 Å². The Bertz CT molecular complexity index is 275. The van der Waals surface area contributed by atoms with Crippen LogP contribution in [0.25, 0.3) is 0 Å². The normalized spacial score (nSPS) is 13.2. The number of hydrogen-bond donors (Lipinski definition) is 1. The molecule has 0 aliphatic carbocycles. The smallest absolute Gasteiger partial charge is 0.153 e. The molecular formula is C7H11NO3S. The summed E-state index contributed by atoms with van der Waals surface area (Å²) in [7, 11) is 0. The molecule has 12 heavy (non-hydrogen) atoms. The fourth-order valence-electron chi connectivity index (χ4n) is 1.05. The van der Waals surface area contributed by atoms with E-state index in [2.05, 4.69) is 5.16 Å². The van der Waals surface area contributed by atoms with E-state index in [0.29, 0.717) is 6.42 Å². The van der Waals surface area contributed by atoms with Gasteiger partial charge in [0, 0.05) is 5.56 Å². The molecule has 0 amide bonds. The van der Waals surface area contributed by atoms with Crippen LogP contribution in [0, 0.1) is 13.8 Å². The van der Waals surface area contributed by atoms with Crippen molar-refractivity contribution in [3.05, 3.63) is 17.0 Å². The van der Waals surface area contributed by atoms with Crippen LogP contribution in [0.5, 0.6) is 0 Å². The van der Waals surface area contributed by atoms with Gasteiger partial charge in [-0.1, -0.05) is 5.16 Å². The van der Waals surface area contributed by atoms with Crippen molar-refractivity contribution in [2.75, 3.05) is 5.75 Å². The van der Waals surface area contributed by atoms with Gasteiger partial charge in [-0.05, 0) is 20.3 Å². The van der Waals surface area contributed by atoms with Gasteiger partial charge in [0.05, 0.1) is 11.4 Å². The first-order valence-electron chi connectivity index (χ1n) is 3.60. The predicted molar refractivity (Wildman–Crippen MR) is 45.3 cm³/mol. The Kier molecular flexibility index (Phi) is 2.99. The molecule has 0 aromatic carbocycles. The van der Waals surface area contributed by atoms with Gasteiger partial charge in [-0.15, -0.1) is 0 Å². The Morgan fingerprint density at radius 2 is 2.25 bits per heavy atom. The molecule has 1 unspecified atom stereocenters. The quantitative estimate of drug-likeness (QED) is 0.722. The van der Waals surface area contributed by atoms with Crippen LogP contribution in [0.15, 0.2) is 4.52 Å². The molecule has 0 aliphatic heterocycles. The van der Waals surface area contributed by atoms with Crippen molar-refractivity contribution >= 4 is 11.1 Å². The van der Waals surface area contributed by atoms with E-state index in [1.165, 1.54) is 0 Å². The lowest BCUT2D eigenvalue weighted by atomic mass is 10.1. The number of aromatic nitrogens is 1. The molecule has 4 nitrogen and oxygen atoms in total. The van der Waals surface area contributed by atoms with Crippen LogP contribution in [0.1, 0.15) is 17.0 Å². The van der Waals surface area contributed by atoms with Crippen LogP contribution in [0.2, 0.25) is 0 Å². The molecule has 5 heteroatoms. The largest absolute Gasteiger partial charge is 0.361 e. The van der Waals surface area contributed by atoms with Crippen molar-refractivity contribution in [1.29, 1.82) is 0 Å². The fraction of sp³-hybridized carbons (Fsp3) is 0.571.